The number of aliphatic hydroxyl groups is 1. The fraction of sp³-hybridized carbons (Fsp3) is 1.00. The molecular formula is C9H17NO. The molecule has 1 saturated carbocycles. The summed E-state index contributed by atoms with van der Waals surface area (Å²) in [7, 11) is 0. The normalized spacial score (nSPS) is 46.6. The fourth-order valence-corrected chi connectivity index (χ4v) is 2.54. The highest BCUT2D eigenvalue weighted by molar-refractivity contribution is 5.15. The van der Waals surface area contributed by atoms with Crippen molar-refractivity contribution in [3.63, 3.8) is 0 Å². The van der Waals surface area contributed by atoms with E-state index in [1.54, 1.807) is 0 Å². The van der Waals surface area contributed by atoms with Crippen LogP contribution in [-0.2, 0) is 0 Å². The summed E-state index contributed by atoms with van der Waals surface area (Å²) in [4.78, 5) is 0. The van der Waals surface area contributed by atoms with Crippen molar-refractivity contribution in [2.24, 2.45) is 10.8 Å². The van der Waals surface area contributed by atoms with Crippen molar-refractivity contribution in [2.75, 3.05) is 13.2 Å². The van der Waals surface area contributed by atoms with Crippen molar-refractivity contribution in [3.05, 3.63) is 0 Å². The van der Waals surface area contributed by atoms with Crippen LogP contribution in [0.2, 0.25) is 0 Å². The minimum absolute atomic E-state index is 0.303. The summed E-state index contributed by atoms with van der Waals surface area (Å²) in [6.07, 6.45) is 2.51. The Hall–Kier alpha value is -0.0800. The standard InChI is InChI=1S/C9H17NO/c1-8(2)5-9(8)3-7(4-11)10-6-9/h7,10-11H,3-6H2,1-2H3/t7-,9?/m0/s1. The molecule has 2 fully saturated rings. The quantitative estimate of drug-likeness (QED) is 0.586. The lowest BCUT2D eigenvalue weighted by Crippen LogP contribution is -2.24. The second-order valence-electron chi connectivity index (χ2n) is 4.81. The number of hydrogen-bond donors (Lipinski definition) is 2. The van der Waals surface area contributed by atoms with Gasteiger partial charge in [0.15, 0.2) is 0 Å². The molecule has 1 saturated heterocycles. The molecule has 11 heavy (non-hydrogen) atoms. The molecule has 0 aromatic rings. The predicted molar refractivity (Wildman–Crippen MR) is 44.3 cm³/mol. The molecule has 2 heteroatoms. The molecule has 2 nitrogen and oxygen atoms in total. The first-order chi connectivity index (χ1) is 5.10. The first-order valence-corrected chi connectivity index (χ1v) is 4.44. The van der Waals surface area contributed by atoms with E-state index >= 15 is 0 Å². The van der Waals surface area contributed by atoms with Crippen molar-refractivity contribution in [1.29, 1.82) is 0 Å². The maximum Gasteiger partial charge on any atom is 0.0584 e. The van der Waals surface area contributed by atoms with Crippen LogP contribution in [0.4, 0.5) is 0 Å². The highest BCUT2D eigenvalue weighted by Crippen LogP contribution is 2.67. The van der Waals surface area contributed by atoms with E-state index in [1.807, 2.05) is 0 Å². The largest absolute Gasteiger partial charge is 0.395 e. The molecule has 2 rings (SSSR count). The molecule has 1 unspecified atom stereocenters. The van der Waals surface area contributed by atoms with Crippen LogP contribution in [0.5, 0.6) is 0 Å². The van der Waals surface area contributed by atoms with Gasteiger partial charge in [-0.1, -0.05) is 13.8 Å². The zero-order valence-corrected chi connectivity index (χ0v) is 7.35. The van der Waals surface area contributed by atoms with E-state index in [1.165, 1.54) is 12.8 Å². The number of nitrogens with one attached hydrogen (secondary N) is 1. The molecule has 0 aromatic heterocycles. The monoisotopic (exact) mass is 155 g/mol. The van der Waals surface area contributed by atoms with Gasteiger partial charge in [0, 0.05) is 12.6 Å². The topological polar surface area (TPSA) is 32.3 Å². The Morgan fingerprint density at radius 1 is 1.55 bits per heavy atom. The smallest absolute Gasteiger partial charge is 0.0584 e. The van der Waals surface area contributed by atoms with Crippen LogP contribution in [0.1, 0.15) is 26.7 Å². The lowest BCUT2D eigenvalue weighted by atomic mass is 9.93. The zero-order valence-electron chi connectivity index (χ0n) is 7.35. The minimum Gasteiger partial charge on any atom is -0.395 e. The Balaban J connectivity index is 2.01. The first-order valence-electron chi connectivity index (χ1n) is 4.44. The molecule has 1 heterocycles. The molecule has 64 valence electrons. The van der Waals surface area contributed by atoms with Gasteiger partial charge < -0.3 is 10.4 Å². The van der Waals surface area contributed by atoms with Crippen molar-refractivity contribution in [3.8, 4) is 0 Å². The highest BCUT2D eigenvalue weighted by Gasteiger charge is 2.63. The van der Waals surface area contributed by atoms with Crippen LogP contribution in [-0.4, -0.2) is 24.3 Å². The van der Waals surface area contributed by atoms with E-state index in [2.05, 4.69) is 19.2 Å². The molecule has 1 aliphatic heterocycles. The van der Waals surface area contributed by atoms with Gasteiger partial charge >= 0.3 is 0 Å². The SMILES string of the molecule is CC1(C)CC12CN[C@H](CO)C2. The van der Waals surface area contributed by atoms with E-state index in [0.29, 0.717) is 23.5 Å². The molecule has 0 bridgehead atoms. The summed E-state index contributed by atoms with van der Waals surface area (Å²) >= 11 is 0. The summed E-state index contributed by atoms with van der Waals surface area (Å²) in [6.45, 7) is 6.08. The van der Waals surface area contributed by atoms with Gasteiger partial charge in [0.1, 0.15) is 0 Å². The molecule has 0 aromatic carbocycles. The van der Waals surface area contributed by atoms with Gasteiger partial charge in [-0.15, -0.1) is 0 Å². The van der Waals surface area contributed by atoms with Crippen molar-refractivity contribution in [2.45, 2.75) is 32.7 Å². The molecular weight excluding hydrogens is 138 g/mol. The van der Waals surface area contributed by atoms with Gasteiger partial charge in [-0.05, 0) is 23.7 Å². The Bertz CT molecular complexity index is 178. The van der Waals surface area contributed by atoms with Crippen LogP contribution in [0.15, 0.2) is 0 Å². The average molecular weight is 155 g/mol. The third-order valence-corrected chi connectivity index (χ3v) is 3.68. The Morgan fingerprint density at radius 2 is 2.18 bits per heavy atom. The molecule has 1 spiro atoms. The fourth-order valence-electron chi connectivity index (χ4n) is 2.54. The minimum atomic E-state index is 0.303. The van der Waals surface area contributed by atoms with Crippen molar-refractivity contribution in [1.82, 2.24) is 5.32 Å². The third kappa shape index (κ3) is 0.926. The number of rotatable bonds is 1. The van der Waals surface area contributed by atoms with Gasteiger partial charge in [0.25, 0.3) is 0 Å². The van der Waals surface area contributed by atoms with E-state index in [-0.39, 0.29) is 0 Å². The number of hydrogen-bond acceptors (Lipinski definition) is 2. The Labute approximate surface area is 68.0 Å². The van der Waals surface area contributed by atoms with Gasteiger partial charge in [0.05, 0.1) is 6.61 Å². The van der Waals surface area contributed by atoms with Crippen molar-refractivity contribution < 1.29 is 5.11 Å². The maximum atomic E-state index is 8.93. The summed E-state index contributed by atoms with van der Waals surface area (Å²) in [5.74, 6) is 0. The molecule has 0 radical (unpaired) electrons. The lowest BCUT2D eigenvalue weighted by molar-refractivity contribution is 0.249. The van der Waals surface area contributed by atoms with Crippen LogP contribution in [0, 0.1) is 10.8 Å². The van der Waals surface area contributed by atoms with Crippen molar-refractivity contribution >= 4 is 0 Å². The van der Waals surface area contributed by atoms with Crippen LogP contribution in [0.3, 0.4) is 0 Å². The van der Waals surface area contributed by atoms with Gasteiger partial charge in [-0.25, -0.2) is 0 Å². The molecule has 0 amide bonds. The van der Waals surface area contributed by atoms with Gasteiger partial charge in [-0.2, -0.15) is 0 Å². The second-order valence-corrected chi connectivity index (χ2v) is 4.81. The molecule has 2 aliphatic rings. The predicted octanol–water partition coefficient (Wildman–Crippen LogP) is 0.757. The zero-order chi connectivity index (χ0) is 8.11. The summed E-state index contributed by atoms with van der Waals surface area (Å²) in [5.41, 5.74) is 1.07. The van der Waals surface area contributed by atoms with E-state index < -0.39 is 0 Å². The number of aliphatic hydroxyl groups excluding tert-OH is 1. The Kier molecular flexibility index (Phi) is 1.37. The molecule has 1 aliphatic carbocycles. The average Bonchev–Trinajstić information content (AvgIpc) is 2.35. The van der Waals surface area contributed by atoms with E-state index in [4.69, 9.17) is 5.11 Å². The highest BCUT2D eigenvalue weighted by atomic mass is 16.3. The van der Waals surface area contributed by atoms with Crippen LogP contribution >= 0.6 is 0 Å². The molecule has 2 N–H and O–H groups in total. The van der Waals surface area contributed by atoms with Crippen LogP contribution in [0.25, 0.3) is 0 Å². The lowest BCUT2D eigenvalue weighted by Gasteiger charge is -2.11. The van der Waals surface area contributed by atoms with Crippen LogP contribution < -0.4 is 5.32 Å². The van der Waals surface area contributed by atoms with Gasteiger partial charge in [-0.3, -0.25) is 0 Å². The van der Waals surface area contributed by atoms with Gasteiger partial charge in [0.2, 0.25) is 0 Å². The second kappa shape index (κ2) is 1.99. The molecule has 2 atom stereocenters. The summed E-state index contributed by atoms with van der Waals surface area (Å²) in [6, 6.07) is 0.372. The third-order valence-electron chi connectivity index (χ3n) is 3.68. The van der Waals surface area contributed by atoms with E-state index in [0.717, 1.165) is 6.54 Å². The summed E-state index contributed by atoms with van der Waals surface area (Å²) < 4.78 is 0. The maximum absolute atomic E-state index is 8.93. The Morgan fingerprint density at radius 3 is 2.45 bits per heavy atom. The van der Waals surface area contributed by atoms with E-state index in [9.17, 15) is 0 Å². The first kappa shape index (κ1) is 7.56. The summed E-state index contributed by atoms with van der Waals surface area (Å²) in [5, 5.41) is 12.3.